The second-order valence-corrected chi connectivity index (χ2v) is 14.6. The first-order valence-electron chi connectivity index (χ1n) is 17.4. The number of phenolic OH excluding ortho intramolecular Hbond substituents is 1. The number of methoxy groups -OCH3 is 3. The third kappa shape index (κ3) is 5.72. The van der Waals surface area contributed by atoms with Crippen molar-refractivity contribution in [3.05, 3.63) is 93.5 Å². The number of nitrogens with zero attached hydrogens (tertiary/aromatic N) is 2. The van der Waals surface area contributed by atoms with Crippen LogP contribution in [0, 0.1) is 29.6 Å². The summed E-state index contributed by atoms with van der Waals surface area (Å²) in [6.45, 7) is 2.23. The van der Waals surface area contributed by atoms with Crippen LogP contribution in [0.2, 0.25) is 10.0 Å². The van der Waals surface area contributed by atoms with Crippen LogP contribution >= 0.6 is 23.2 Å². The van der Waals surface area contributed by atoms with Crippen LogP contribution in [-0.2, 0) is 24.6 Å². The van der Waals surface area contributed by atoms with E-state index in [0.717, 1.165) is 10.6 Å². The molecule has 2 N–H and O–H groups in total. The van der Waals surface area contributed by atoms with Crippen molar-refractivity contribution in [3.8, 4) is 23.0 Å². The molecule has 0 radical (unpaired) electrons. The maximum atomic E-state index is 15.3. The number of anilines is 1. The lowest BCUT2D eigenvalue weighted by Gasteiger charge is -2.49. The van der Waals surface area contributed by atoms with Gasteiger partial charge in [-0.05, 0) is 78.8 Å². The topological polar surface area (TPSA) is 135 Å². The number of allylic oxidation sites excluding steroid dienone is 3. The number of aromatic hydroxyl groups is 1. The van der Waals surface area contributed by atoms with E-state index >= 15 is 4.79 Å². The molecular weight excluding hydrogens is 721 g/mol. The molecule has 276 valence electrons. The van der Waals surface area contributed by atoms with Gasteiger partial charge in [-0.3, -0.25) is 29.5 Å². The van der Waals surface area contributed by atoms with Gasteiger partial charge in [-0.2, -0.15) is 5.01 Å². The van der Waals surface area contributed by atoms with E-state index < -0.39 is 46.8 Å². The number of nitrogens with one attached hydrogen (secondary N) is 1. The van der Waals surface area contributed by atoms with Gasteiger partial charge in [0.15, 0.2) is 11.5 Å². The highest BCUT2D eigenvalue weighted by Gasteiger charge is 2.69. The van der Waals surface area contributed by atoms with E-state index in [9.17, 15) is 19.5 Å². The first kappa shape index (κ1) is 36.4. The molecular formula is C40H39Cl2N3O8. The number of rotatable bonds is 10. The Morgan fingerprint density at radius 1 is 0.906 bits per heavy atom. The third-order valence-corrected chi connectivity index (χ3v) is 11.7. The van der Waals surface area contributed by atoms with Crippen molar-refractivity contribution in [3.63, 3.8) is 0 Å². The molecule has 3 aromatic rings. The molecule has 4 amide bonds. The van der Waals surface area contributed by atoms with Crippen molar-refractivity contribution in [2.45, 2.75) is 31.6 Å². The number of amides is 4. The molecule has 0 spiro atoms. The molecule has 2 heterocycles. The van der Waals surface area contributed by atoms with Crippen molar-refractivity contribution in [1.82, 2.24) is 9.91 Å². The molecule has 11 nitrogen and oxygen atoms in total. The van der Waals surface area contributed by atoms with E-state index in [4.69, 9.17) is 37.4 Å². The number of likely N-dealkylation sites (tertiary alicyclic amines) is 1. The van der Waals surface area contributed by atoms with Crippen molar-refractivity contribution in [1.29, 1.82) is 0 Å². The van der Waals surface area contributed by atoms with Gasteiger partial charge in [-0.1, -0.05) is 66.1 Å². The number of fused-ring (bicyclic) bond motifs is 4. The summed E-state index contributed by atoms with van der Waals surface area (Å²) in [7, 11) is 4.41. The summed E-state index contributed by atoms with van der Waals surface area (Å²) in [5, 5.41) is 12.2. The number of imide groups is 2. The maximum Gasteiger partial charge on any atom is 0.260 e. The smallest absolute Gasteiger partial charge is 0.260 e. The van der Waals surface area contributed by atoms with Crippen molar-refractivity contribution in [2.24, 2.45) is 29.6 Å². The maximum absolute atomic E-state index is 15.3. The largest absolute Gasteiger partial charge is 0.502 e. The number of hydrogen-bond acceptors (Lipinski definition) is 9. The van der Waals surface area contributed by atoms with Crippen molar-refractivity contribution >= 4 is 58.6 Å². The Labute approximate surface area is 317 Å². The highest BCUT2D eigenvalue weighted by molar-refractivity contribution is 6.36. The van der Waals surface area contributed by atoms with E-state index in [2.05, 4.69) is 5.43 Å². The van der Waals surface area contributed by atoms with Crippen LogP contribution < -0.4 is 19.6 Å². The van der Waals surface area contributed by atoms with E-state index in [0.29, 0.717) is 47.0 Å². The fraction of sp³-hybridized carbons (Fsp3) is 0.350. The molecule has 2 aliphatic heterocycles. The summed E-state index contributed by atoms with van der Waals surface area (Å²) in [5.41, 5.74) is 3.77. The van der Waals surface area contributed by atoms with E-state index in [1.165, 1.54) is 25.2 Å². The quantitative estimate of drug-likeness (QED) is 0.172. The number of carbonyl (C=O) groups is 4. The Balaban J connectivity index is 1.44. The molecule has 1 saturated carbocycles. The Bertz CT molecular complexity index is 2040. The Hall–Kier alpha value is -5.00. The fourth-order valence-corrected chi connectivity index (χ4v) is 9.27. The summed E-state index contributed by atoms with van der Waals surface area (Å²) < 4.78 is 16.3. The van der Waals surface area contributed by atoms with E-state index in [1.54, 1.807) is 61.7 Å². The van der Waals surface area contributed by atoms with E-state index in [1.807, 2.05) is 19.1 Å². The predicted octanol–water partition coefficient (Wildman–Crippen LogP) is 6.67. The zero-order valence-electron chi connectivity index (χ0n) is 29.6. The van der Waals surface area contributed by atoms with Crippen LogP contribution in [0.1, 0.15) is 37.3 Å². The molecule has 2 aliphatic carbocycles. The molecule has 0 aromatic heterocycles. The summed E-state index contributed by atoms with van der Waals surface area (Å²) in [6.07, 6.45) is 6.75. The number of carbonyl (C=O) groups excluding carboxylic acids is 4. The predicted molar refractivity (Wildman–Crippen MR) is 199 cm³/mol. The number of hydrazine groups is 1. The van der Waals surface area contributed by atoms with Crippen LogP contribution in [0.15, 0.2) is 72.3 Å². The van der Waals surface area contributed by atoms with Crippen LogP contribution in [0.3, 0.4) is 0 Å². The molecule has 53 heavy (non-hydrogen) atoms. The molecule has 2 saturated heterocycles. The number of benzene rings is 3. The molecule has 3 fully saturated rings. The second-order valence-electron chi connectivity index (χ2n) is 13.7. The lowest BCUT2D eigenvalue weighted by molar-refractivity contribution is -0.141. The number of halogens is 2. The Morgan fingerprint density at radius 2 is 1.60 bits per heavy atom. The number of ether oxygens (including phenoxy) is 3. The molecule has 7 rings (SSSR count). The van der Waals surface area contributed by atoms with Crippen LogP contribution in [0.5, 0.6) is 23.0 Å². The van der Waals surface area contributed by atoms with Gasteiger partial charge in [-0.15, -0.1) is 0 Å². The second kappa shape index (κ2) is 14.1. The molecule has 3 aromatic carbocycles. The van der Waals surface area contributed by atoms with Crippen LogP contribution in [0.4, 0.5) is 5.69 Å². The Morgan fingerprint density at radius 3 is 2.23 bits per heavy atom. The van der Waals surface area contributed by atoms with Crippen LogP contribution in [0.25, 0.3) is 6.08 Å². The summed E-state index contributed by atoms with van der Waals surface area (Å²) >= 11 is 12.7. The van der Waals surface area contributed by atoms with Gasteiger partial charge < -0.3 is 19.3 Å². The van der Waals surface area contributed by atoms with Gasteiger partial charge in [0.1, 0.15) is 5.75 Å². The SMILES string of the molecule is CCCN1C(=O)C2CC=C3C(CC4C(=O)N(Nc5ccc(Cl)cc5Cl)C(=O)C4(c4ccc(OC)cc4)C3C=Cc3cc(OC)c(O)c(OC)c3)C2C1=O. The van der Waals surface area contributed by atoms with Gasteiger partial charge in [0.05, 0.1) is 55.2 Å². The summed E-state index contributed by atoms with van der Waals surface area (Å²) in [6, 6.07) is 15.1. The summed E-state index contributed by atoms with van der Waals surface area (Å²) in [4.78, 5) is 59.2. The lowest BCUT2D eigenvalue weighted by atomic mass is 9.50. The zero-order valence-corrected chi connectivity index (χ0v) is 31.1. The number of phenols is 1. The van der Waals surface area contributed by atoms with Gasteiger partial charge in [0, 0.05) is 17.5 Å². The van der Waals surface area contributed by atoms with Crippen molar-refractivity contribution < 1.29 is 38.5 Å². The van der Waals surface area contributed by atoms with Crippen molar-refractivity contribution in [2.75, 3.05) is 33.3 Å². The molecule has 4 aliphatic rings. The van der Waals surface area contributed by atoms with Gasteiger partial charge in [0.25, 0.3) is 11.8 Å². The van der Waals surface area contributed by atoms with Gasteiger partial charge >= 0.3 is 0 Å². The third-order valence-electron chi connectivity index (χ3n) is 11.2. The minimum atomic E-state index is -1.50. The van der Waals surface area contributed by atoms with E-state index in [-0.39, 0.29) is 40.5 Å². The molecule has 0 bridgehead atoms. The average Bonchev–Trinajstić information content (AvgIpc) is 3.53. The minimum Gasteiger partial charge on any atom is -0.502 e. The highest BCUT2D eigenvalue weighted by atomic mass is 35.5. The fourth-order valence-electron chi connectivity index (χ4n) is 8.82. The molecule has 6 atom stereocenters. The zero-order chi connectivity index (χ0) is 37.8. The first-order valence-corrected chi connectivity index (χ1v) is 18.2. The van der Waals surface area contributed by atoms with Crippen LogP contribution in [-0.4, -0.2) is 66.5 Å². The Kier molecular flexibility index (Phi) is 9.67. The first-order chi connectivity index (χ1) is 25.5. The lowest BCUT2D eigenvalue weighted by Crippen LogP contribution is -2.54. The molecule has 13 heteroatoms. The number of hydrogen-bond donors (Lipinski definition) is 2. The normalized spacial score (nSPS) is 26.4. The average molecular weight is 761 g/mol. The summed E-state index contributed by atoms with van der Waals surface area (Å²) in [5.74, 6) is -4.14. The minimum absolute atomic E-state index is 0.153. The molecule has 6 unspecified atom stereocenters. The van der Waals surface area contributed by atoms with Gasteiger partial charge in [0.2, 0.25) is 17.6 Å². The monoisotopic (exact) mass is 759 g/mol. The van der Waals surface area contributed by atoms with Gasteiger partial charge in [-0.25, -0.2) is 0 Å². The highest BCUT2D eigenvalue weighted by Crippen LogP contribution is 2.61. The standard InChI is InChI=1S/C40H39Cl2N3O8/c1-5-16-44-36(47)26-13-12-25-27(34(26)38(44)49)20-29-37(48)45(43-31-15-9-23(41)19-30(31)42)39(50)40(29,22-7-10-24(51-2)11-8-22)28(25)14-6-21-17-32(52-3)35(46)33(18-21)53-4/h6-12,14-15,17-19,26-29,34,43,46H,5,13,16,20H2,1-4H3.